The van der Waals surface area contributed by atoms with Crippen LogP contribution in [0, 0.1) is 5.41 Å². The fourth-order valence-electron chi connectivity index (χ4n) is 2.32. The van der Waals surface area contributed by atoms with Gasteiger partial charge in [0.15, 0.2) is 0 Å². The summed E-state index contributed by atoms with van der Waals surface area (Å²) in [6.07, 6.45) is 6.35. The molecule has 0 aromatic heterocycles. The highest BCUT2D eigenvalue weighted by molar-refractivity contribution is 5.03. The Morgan fingerprint density at radius 2 is 1.69 bits per heavy atom. The van der Waals surface area contributed by atoms with Gasteiger partial charge in [-0.1, -0.05) is 13.8 Å². The smallest absolute Gasteiger partial charge is 0.0127 e. The molecule has 2 nitrogen and oxygen atoms in total. The fraction of sp³-hybridized carbons (Fsp3) is 1.00. The van der Waals surface area contributed by atoms with Crippen molar-refractivity contribution in [3.05, 3.63) is 0 Å². The monoisotopic (exact) mass is 182 g/mol. The Kier molecular flexibility index (Phi) is 2.37. The first-order valence-corrected chi connectivity index (χ1v) is 5.59. The van der Waals surface area contributed by atoms with Crippen molar-refractivity contribution in [3.8, 4) is 0 Å². The molecule has 2 fully saturated rings. The van der Waals surface area contributed by atoms with E-state index in [9.17, 15) is 0 Å². The Labute approximate surface area is 81.3 Å². The van der Waals surface area contributed by atoms with Crippen LogP contribution < -0.4 is 11.1 Å². The summed E-state index contributed by atoms with van der Waals surface area (Å²) in [4.78, 5) is 0. The molecule has 0 aliphatic heterocycles. The van der Waals surface area contributed by atoms with Crippen LogP contribution in [0.3, 0.4) is 0 Å². The van der Waals surface area contributed by atoms with Crippen LogP contribution in [-0.4, -0.2) is 18.1 Å². The van der Waals surface area contributed by atoms with Crippen LogP contribution in [0.5, 0.6) is 0 Å². The molecule has 13 heavy (non-hydrogen) atoms. The average Bonchev–Trinajstić information content (AvgIpc) is 2.64. The fourth-order valence-corrected chi connectivity index (χ4v) is 2.32. The predicted molar refractivity (Wildman–Crippen MR) is 55.6 cm³/mol. The van der Waals surface area contributed by atoms with Gasteiger partial charge in [0.1, 0.15) is 0 Å². The molecule has 2 aliphatic carbocycles. The van der Waals surface area contributed by atoms with Crippen LogP contribution in [-0.2, 0) is 0 Å². The van der Waals surface area contributed by atoms with Crippen molar-refractivity contribution in [3.63, 3.8) is 0 Å². The maximum absolute atomic E-state index is 5.87. The molecule has 3 N–H and O–H groups in total. The molecule has 0 aromatic rings. The maximum atomic E-state index is 5.87. The van der Waals surface area contributed by atoms with Gasteiger partial charge in [0.05, 0.1) is 0 Å². The molecule has 0 saturated heterocycles. The van der Waals surface area contributed by atoms with Gasteiger partial charge in [-0.3, -0.25) is 0 Å². The summed E-state index contributed by atoms with van der Waals surface area (Å²) in [5, 5.41) is 3.75. The summed E-state index contributed by atoms with van der Waals surface area (Å²) >= 11 is 0. The molecule has 2 heteroatoms. The Bertz CT molecular complexity index is 181. The lowest BCUT2D eigenvalue weighted by molar-refractivity contribution is 0.330. The first kappa shape index (κ1) is 9.47. The topological polar surface area (TPSA) is 38.0 Å². The minimum atomic E-state index is 0.477. The summed E-state index contributed by atoms with van der Waals surface area (Å²) < 4.78 is 0. The zero-order valence-corrected chi connectivity index (χ0v) is 8.84. The number of rotatable bonds is 2. The van der Waals surface area contributed by atoms with Crippen LogP contribution in [0.15, 0.2) is 0 Å². The van der Waals surface area contributed by atoms with Crippen molar-refractivity contribution in [1.29, 1.82) is 0 Å². The zero-order chi connectivity index (χ0) is 9.47. The van der Waals surface area contributed by atoms with Crippen molar-refractivity contribution in [1.82, 2.24) is 5.32 Å². The summed E-state index contributed by atoms with van der Waals surface area (Å²) in [6.45, 7) is 4.69. The quantitative estimate of drug-likeness (QED) is 0.681. The number of nitrogens with one attached hydrogen (secondary N) is 1. The minimum Gasteiger partial charge on any atom is -0.328 e. The van der Waals surface area contributed by atoms with E-state index in [1.54, 1.807) is 0 Å². The molecule has 0 spiro atoms. The van der Waals surface area contributed by atoms with Crippen LogP contribution >= 0.6 is 0 Å². The van der Waals surface area contributed by atoms with E-state index in [2.05, 4.69) is 19.2 Å². The SMILES string of the molecule is CC1(C)CC1NC1CCC(N)CC1. The van der Waals surface area contributed by atoms with Gasteiger partial charge in [0.25, 0.3) is 0 Å². The van der Waals surface area contributed by atoms with E-state index in [1.807, 2.05) is 0 Å². The molecule has 0 radical (unpaired) electrons. The first-order chi connectivity index (χ1) is 6.08. The van der Waals surface area contributed by atoms with E-state index >= 15 is 0 Å². The molecule has 0 bridgehead atoms. The van der Waals surface area contributed by atoms with E-state index in [0.717, 1.165) is 12.1 Å². The predicted octanol–water partition coefficient (Wildman–Crippen LogP) is 1.64. The first-order valence-electron chi connectivity index (χ1n) is 5.59. The highest BCUT2D eigenvalue weighted by Crippen LogP contribution is 2.45. The van der Waals surface area contributed by atoms with E-state index < -0.39 is 0 Å². The molecule has 2 aliphatic rings. The van der Waals surface area contributed by atoms with E-state index in [4.69, 9.17) is 5.73 Å². The number of hydrogen-bond donors (Lipinski definition) is 2. The number of hydrogen-bond acceptors (Lipinski definition) is 2. The van der Waals surface area contributed by atoms with Crippen molar-refractivity contribution in [2.75, 3.05) is 0 Å². The highest BCUT2D eigenvalue weighted by Gasteiger charge is 2.46. The average molecular weight is 182 g/mol. The van der Waals surface area contributed by atoms with Gasteiger partial charge in [0, 0.05) is 18.1 Å². The molecule has 1 unspecified atom stereocenters. The third kappa shape index (κ3) is 2.23. The Hall–Kier alpha value is -0.0800. The van der Waals surface area contributed by atoms with Gasteiger partial charge in [-0.05, 0) is 37.5 Å². The molecule has 0 aromatic carbocycles. The van der Waals surface area contributed by atoms with Crippen molar-refractivity contribution >= 4 is 0 Å². The Morgan fingerprint density at radius 1 is 1.15 bits per heavy atom. The lowest BCUT2D eigenvalue weighted by Crippen LogP contribution is -2.39. The van der Waals surface area contributed by atoms with Crippen LogP contribution in [0.1, 0.15) is 46.0 Å². The van der Waals surface area contributed by atoms with Crippen LogP contribution in [0.4, 0.5) is 0 Å². The van der Waals surface area contributed by atoms with Gasteiger partial charge in [-0.25, -0.2) is 0 Å². The summed E-state index contributed by atoms with van der Waals surface area (Å²) in [5.74, 6) is 0. The Morgan fingerprint density at radius 3 is 2.15 bits per heavy atom. The standard InChI is InChI=1S/C11H22N2/c1-11(2)7-10(11)13-9-5-3-8(12)4-6-9/h8-10,13H,3-7,12H2,1-2H3. The molecule has 2 rings (SSSR count). The minimum absolute atomic E-state index is 0.477. The third-order valence-electron chi connectivity index (χ3n) is 3.72. The van der Waals surface area contributed by atoms with Gasteiger partial charge in [-0.2, -0.15) is 0 Å². The Balaban J connectivity index is 1.72. The zero-order valence-electron chi connectivity index (χ0n) is 8.84. The van der Waals surface area contributed by atoms with E-state index in [-0.39, 0.29) is 0 Å². The number of nitrogens with two attached hydrogens (primary N) is 1. The summed E-state index contributed by atoms with van der Waals surface area (Å²) in [6, 6.07) is 2.02. The molecule has 0 amide bonds. The second-order valence-electron chi connectivity index (χ2n) is 5.52. The third-order valence-corrected chi connectivity index (χ3v) is 3.72. The largest absolute Gasteiger partial charge is 0.328 e. The van der Waals surface area contributed by atoms with Crippen LogP contribution in [0.25, 0.3) is 0 Å². The summed E-state index contributed by atoms with van der Waals surface area (Å²) in [7, 11) is 0. The van der Waals surface area contributed by atoms with E-state index in [0.29, 0.717) is 11.5 Å². The van der Waals surface area contributed by atoms with Gasteiger partial charge < -0.3 is 11.1 Å². The van der Waals surface area contributed by atoms with Gasteiger partial charge in [0.2, 0.25) is 0 Å². The highest BCUT2D eigenvalue weighted by atomic mass is 15.0. The molecular formula is C11H22N2. The molecule has 1 atom stereocenters. The second kappa shape index (κ2) is 3.25. The maximum Gasteiger partial charge on any atom is 0.0127 e. The normalized spacial score (nSPS) is 43.2. The van der Waals surface area contributed by atoms with Gasteiger partial charge >= 0.3 is 0 Å². The molecular weight excluding hydrogens is 160 g/mol. The lowest BCUT2D eigenvalue weighted by Gasteiger charge is -2.27. The lowest BCUT2D eigenvalue weighted by atomic mass is 9.91. The van der Waals surface area contributed by atoms with Crippen molar-refractivity contribution < 1.29 is 0 Å². The van der Waals surface area contributed by atoms with Crippen molar-refractivity contribution in [2.24, 2.45) is 11.1 Å². The van der Waals surface area contributed by atoms with Crippen LogP contribution in [0.2, 0.25) is 0 Å². The van der Waals surface area contributed by atoms with E-state index in [1.165, 1.54) is 32.1 Å². The molecule has 76 valence electrons. The molecule has 2 saturated carbocycles. The second-order valence-corrected chi connectivity index (χ2v) is 5.52. The summed E-state index contributed by atoms with van der Waals surface area (Å²) in [5.41, 5.74) is 6.44. The van der Waals surface area contributed by atoms with Crippen molar-refractivity contribution in [2.45, 2.75) is 64.1 Å². The molecule has 0 heterocycles. The van der Waals surface area contributed by atoms with Gasteiger partial charge in [-0.15, -0.1) is 0 Å².